The third-order valence-electron chi connectivity index (χ3n) is 7.27. The third-order valence-corrected chi connectivity index (χ3v) is 7.27. The van der Waals surface area contributed by atoms with Crippen molar-refractivity contribution in [2.75, 3.05) is 13.7 Å². The molecule has 2 aliphatic carbocycles. The molecule has 2 saturated carbocycles. The standard InChI is InChI=1S/C21H36O5.CH4O2/c1-13-6-7-15-4-3-5-18(19(15)12-25-13)14(2)21(24)26-17-10-8-16(9-11-17)20(22)23;1-3-2/h13-19,21,24H,3-12H2,1-2H3,(H,22,23);2H,1H3/t13?,14-,15-,16?,17?,18+,19?,21-;/m1./s1. The second-order valence-electron chi connectivity index (χ2n) is 9.12. The van der Waals surface area contributed by atoms with Crippen LogP contribution in [0.2, 0.25) is 0 Å². The molecule has 0 amide bonds. The lowest BCUT2D eigenvalue weighted by molar-refractivity contribution is -0.214. The van der Waals surface area contributed by atoms with E-state index in [2.05, 4.69) is 18.7 Å². The number of rotatable bonds is 5. The summed E-state index contributed by atoms with van der Waals surface area (Å²) in [6.45, 7) is 5.10. The molecule has 2 unspecified atom stereocenters. The summed E-state index contributed by atoms with van der Waals surface area (Å²) >= 11 is 0. The highest BCUT2D eigenvalue weighted by molar-refractivity contribution is 5.70. The van der Waals surface area contributed by atoms with Gasteiger partial charge < -0.3 is 19.7 Å². The lowest BCUT2D eigenvalue weighted by atomic mass is 9.66. The highest BCUT2D eigenvalue weighted by Crippen LogP contribution is 2.44. The predicted octanol–water partition coefficient (Wildman–Crippen LogP) is 3.94. The van der Waals surface area contributed by atoms with E-state index < -0.39 is 12.3 Å². The maximum Gasteiger partial charge on any atom is 0.306 e. The Morgan fingerprint density at radius 1 is 1.07 bits per heavy atom. The molecule has 7 nitrogen and oxygen atoms in total. The molecule has 0 aromatic rings. The number of fused-ring (bicyclic) bond motifs is 1. The summed E-state index contributed by atoms with van der Waals surface area (Å²) in [6, 6.07) is 0. The van der Waals surface area contributed by atoms with Crippen LogP contribution in [0.1, 0.15) is 71.6 Å². The zero-order valence-electron chi connectivity index (χ0n) is 18.2. The van der Waals surface area contributed by atoms with E-state index in [0.717, 1.165) is 38.2 Å². The number of aliphatic hydroxyl groups is 1. The number of ether oxygens (including phenoxy) is 2. The minimum atomic E-state index is -0.759. The Morgan fingerprint density at radius 2 is 1.72 bits per heavy atom. The summed E-state index contributed by atoms with van der Waals surface area (Å²) in [4.78, 5) is 14.3. The van der Waals surface area contributed by atoms with Gasteiger partial charge in [0.25, 0.3) is 0 Å². The second-order valence-corrected chi connectivity index (χ2v) is 9.12. The Balaban J connectivity index is 0.000000941. The first-order valence-electron chi connectivity index (χ1n) is 11.2. The number of carboxylic acids is 1. The molecule has 1 aliphatic heterocycles. The van der Waals surface area contributed by atoms with E-state index in [9.17, 15) is 9.90 Å². The van der Waals surface area contributed by atoms with Crippen LogP contribution in [-0.2, 0) is 19.2 Å². The van der Waals surface area contributed by atoms with Crippen LogP contribution in [0.3, 0.4) is 0 Å². The van der Waals surface area contributed by atoms with Crippen molar-refractivity contribution in [3.05, 3.63) is 0 Å². The summed E-state index contributed by atoms with van der Waals surface area (Å²) in [5.41, 5.74) is 0. The molecule has 6 atom stereocenters. The number of hydrogen-bond acceptors (Lipinski definition) is 6. The zero-order valence-corrected chi connectivity index (χ0v) is 18.2. The van der Waals surface area contributed by atoms with Gasteiger partial charge in [0, 0.05) is 5.92 Å². The van der Waals surface area contributed by atoms with Crippen molar-refractivity contribution in [2.24, 2.45) is 29.6 Å². The number of carboxylic acid groups (broad SMARTS) is 1. The van der Waals surface area contributed by atoms with Crippen molar-refractivity contribution in [3.63, 3.8) is 0 Å². The molecule has 0 spiro atoms. The second kappa shape index (κ2) is 12.2. The molecule has 0 radical (unpaired) electrons. The van der Waals surface area contributed by atoms with E-state index in [4.69, 9.17) is 19.8 Å². The number of aliphatic hydroxyl groups excluding tert-OH is 1. The molecule has 0 aromatic heterocycles. The van der Waals surface area contributed by atoms with Gasteiger partial charge in [-0.2, -0.15) is 0 Å². The van der Waals surface area contributed by atoms with Crippen LogP contribution in [0.4, 0.5) is 0 Å². The van der Waals surface area contributed by atoms with Gasteiger partial charge in [-0.15, -0.1) is 0 Å². The predicted molar refractivity (Wildman–Crippen MR) is 108 cm³/mol. The van der Waals surface area contributed by atoms with E-state index in [0.29, 0.717) is 30.8 Å². The third kappa shape index (κ3) is 7.17. The van der Waals surface area contributed by atoms with Crippen LogP contribution in [0.25, 0.3) is 0 Å². The van der Waals surface area contributed by atoms with Crippen LogP contribution in [0.5, 0.6) is 0 Å². The maximum absolute atomic E-state index is 11.1. The van der Waals surface area contributed by atoms with Crippen molar-refractivity contribution in [1.29, 1.82) is 0 Å². The van der Waals surface area contributed by atoms with E-state index in [1.165, 1.54) is 26.4 Å². The van der Waals surface area contributed by atoms with Crippen molar-refractivity contribution >= 4 is 5.97 Å². The smallest absolute Gasteiger partial charge is 0.306 e. The average Bonchev–Trinajstić information content (AvgIpc) is 2.90. The highest BCUT2D eigenvalue weighted by atomic mass is 17.1. The van der Waals surface area contributed by atoms with Crippen LogP contribution in [-0.4, -0.2) is 53.7 Å². The normalized spacial score (nSPS) is 37.3. The van der Waals surface area contributed by atoms with Crippen LogP contribution in [0, 0.1) is 29.6 Å². The Hall–Kier alpha value is -0.730. The molecule has 29 heavy (non-hydrogen) atoms. The fourth-order valence-corrected chi connectivity index (χ4v) is 5.45. The van der Waals surface area contributed by atoms with Crippen LogP contribution in [0.15, 0.2) is 0 Å². The molecule has 3 rings (SSSR count). The first kappa shape index (κ1) is 24.5. The molecule has 170 valence electrons. The molecule has 3 aliphatic rings. The van der Waals surface area contributed by atoms with E-state index in [1.807, 2.05) is 0 Å². The van der Waals surface area contributed by atoms with Gasteiger partial charge in [0.05, 0.1) is 31.8 Å². The van der Waals surface area contributed by atoms with E-state index >= 15 is 0 Å². The monoisotopic (exact) mass is 416 g/mol. The summed E-state index contributed by atoms with van der Waals surface area (Å²) in [5.74, 6) is 0.854. The van der Waals surface area contributed by atoms with Gasteiger partial charge in [0.15, 0.2) is 6.29 Å². The first-order valence-corrected chi connectivity index (χ1v) is 11.2. The Labute approximate surface area is 174 Å². The van der Waals surface area contributed by atoms with Crippen molar-refractivity contribution in [3.8, 4) is 0 Å². The van der Waals surface area contributed by atoms with Crippen molar-refractivity contribution in [2.45, 2.75) is 90.1 Å². The van der Waals surface area contributed by atoms with Crippen LogP contribution < -0.4 is 0 Å². The SMILES string of the molecule is CC1CC[C@H]2CCC[C@@H]([C@@H](C)[C@H](O)OC3CCC(C(=O)O)CC3)C2CO1.COO. The van der Waals surface area contributed by atoms with Crippen molar-refractivity contribution < 1.29 is 34.6 Å². The van der Waals surface area contributed by atoms with Gasteiger partial charge in [-0.05, 0) is 69.6 Å². The van der Waals surface area contributed by atoms with Gasteiger partial charge in [-0.1, -0.05) is 19.8 Å². The quantitative estimate of drug-likeness (QED) is 0.354. The van der Waals surface area contributed by atoms with Crippen molar-refractivity contribution in [1.82, 2.24) is 0 Å². The van der Waals surface area contributed by atoms with Gasteiger partial charge in [-0.25, -0.2) is 4.89 Å². The molecular formula is C22H40O7. The van der Waals surface area contributed by atoms with Gasteiger partial charge in [-0.3, -0.25) is 10.1 Å². The summed E-state index contributed by atoms with van der Waals surface area (Å²) in [6.07, 6.45) is 8.42. The summed E-state index contributed by atoms with van der Waals surface area (Å²) in [5, 5.41) is 26.9. The Morgan fingerprint density at radius 3 is 2.34 bits per heavy atom. The fraction of sp³-hybridized carbons (Fsp3) is 0.955. The molecule has 3 fully saturated rings. The molecule has 3 N–H and O–H groups in total. The van der Waals surface area contributed by atoms with E-state index in [1.54, 1.807) is 0 Å². The maximum atomic E-state index is 11.1. The largest absolute Gasteiger partial charge is 0.481 e. The van der Waals surface area contributed by atoms with Gasteiger partial charge >= 0.3 is 5.97 Å². The Bertz CT molecular complexity index is 478. The first-order chi connectivity index (χ1) is 13.9. The number of carbonyl (C=O) groups is 1. The van der Waals surface area contributed by atoms with E-state index in [-0.39, 0.29) is 17.9 Å². The molecular weight excluding hydrogens is 376 g/mol. The molecule has 1 saturated heterocycles. The fourth-order valence-electron chi connectivity index (χ4n) is 5.45. The topological polar surface area (TPSA) is 105 Å². The molecule has 7 heteroatoms. The average molecular weight is 417 g/mol. The molecule has 0 aromatic carbocycles. The number of hydrogen-bond donors (Lipinski definition) is 3. The summed E-state index contributed by atoms with van der Waals surface area (Å²) < 4.78 is 12.0. The Kier molecular flexibility index (Phi) is 10.3. The van der Waals surface area contributed by atoms with Crippen LogP contribution >= 0.6 is 0 Å². The minimum Gasteiger partial charge on any atom is -0.481 e. The summed E-state index contributed by atoms with van der Waals surface area (Å²) in [7, 11) is 1.18. The molecule has 0 bridgehead atoms. The van der Waals surface area contributed by atoms with Gasteiger partial charge in [0.2, 0.25) is 0 Å². The minimum absolute atomic E-state index is 0.00663. The highest BCUT2D eigenvalue weighted by Gasteiger charge is 2.41. The number of aliphatic carboxylic acids is 1. The van der Waals surface area contributed by atoms with Gasteiger partial charge in [0.1, 0.15) is 0 Å². The molecule has 1 heterocycles. The lowest BCUT2D eigenvalue weighted by Crippen LogP contribution is -2.41. The zero-order chi connectivity index (χ0) is 21.4. The lowest BCUT2D eigenvalue weighted by Gasteiger charge is -2.42.